The number of aromatic nitrogens is 2. The van der Waals surface area contributed by atoms with Gasteiger partial charge in [-0.05, 0) is 0 Å². The van der Waals surface area contributed by atoms with Crippen molar-refractivity contribution in [3.63, 3.8) is 0 Å². The zero-order chi connectivity index (χ0) is 13.4. The highest BCUT2D eigenvalue weighted by molar-refractivity contribution is 5.66. The fraction of sp³-hybridized carbons (Fsp3) is 0.400. The molecule has 0 amide bonds. The number of carboxylic acids is 1. The van der Waals surface area contributed by atoms with Gasteiger partial charge in [0.2, 0.25) is 0 Å². The molecule has 1 aromatic heterocycles. The van der Waals surface area contributed by atoms with Gasteiger partial charge in [-0.2, -0.15) is 10.4 Å². The second kappa shape index (κ2) is 7.03. The van der Waals surface area contributed by atoms with Crippen molar-refractivity contribution in [2.24, 2.45) is 0 Å². The number of aliphatic carboxylic acids is 1. The number of hydrogen-bond donors (Lipinski definition) is 2. The van der Waals surface area contributed by atoms with Gasteiger partial charge in [-0.3, -0.25) is 9.59 Å². The van der Waals surface area contributed by atoms with Gasteiger partial charge in [0, 0.05) is 0 Å². The summed E-state index contributed by atoms with van der Waals surface area (Å²) in [7, 11) is 0. The minimum absolute atomic E-state index is 0.0723. The lowest BCUT2D eigenvalue weighted by atomic mass is 10.3. The smallest absolute Gasteiger partial charge is 0.305 e. The summed E-state index contributed by atoms with van der Waals surface area (Å²) in [5, 5.41) is 22.7. The fourth-order valence-electron chi connectivity index (χ4n) is 1.07. The van der Waals surface area contributed by atoms with E-state index in [0.717, 1.165) is 0 Å². The molecule has 1 aromatic rings. The Morgan fingerprint density at radius 2 is 2.28 bits per heavy atom. The summed E-state index contributed by atoms with van der Waals surface area (Å²) in [6.45, 7) is 0.335. The average Bonchev–Trinajstić information content (AvgIpc) is 2.33. The molecule has 0 aliphatic carbocycles. The summed E-state index contributed by atoms with van der Waals surface area (Å²) in [5.74, 6) is -0.871. The molecule has 8 nitrogen and oxygen atoms in total. The van der Waals surface area contributed by atoms with Gasteiger partial charge in [0.15, 0.2) is 11.3 Å². The van der Waals surface area contributed by atoms with Crippen molar-refractivity contribution < 1.29 is 19.4 Å². The zero-order valence-electron chi connectivity index (χ0n) is 9.38. The van der Waals surface area contributed by atoms with Crippen LogP contribution in [0.5, 0.6) is 5.75 Å². The molecule has 1 rings (SSSR count). The summed E-state index contributed by atoms with van der Waals surface area (Å²) in [4.78, 5) is 21.3. The first-order valence-electron chi connectivity index (χ1n) is 5.05. The number of carbonyl (C=O) groups is 1. The number of nitriles is 1. The molecule has 0 aliphatic heterocycles. The molecule has 8 heteroatoms. The number of rotatable bonds is 7. The third kappa shape index (κ3) is 4.23. The van der Waals surface area contributed by atoms with E-state index in [2.05, 4.69) is 10.2 Å². The van der Waals surface area contributed by atoms with Gasteiger partial charge in [-0.25, -0.2) is 5.10 Å². The number of nitrogens with one attached hydrogen (secondary N) is 1. The van der Waals surface area contributed by atoms with Crippen LogP contribution >= 0.6 is 0 Å². The van der Waals surface area contributed by atoms with Gasteiger partial charge in [0.1, 0.15) is 12.7 Å². The monoisotopic (exact) mass is 253 g/mol. The molecule has 0 fully saturated rings. The summed E-state index contributed by atoms with van der Waals surface area (Å²) in [5.41, 5.74) is -0.780. The first kappa shape index (κ1) is 13.7. The Hall–Kier alpha value is -2.40. The van der Waals surface area contributed by atoms with Crippen LogP contribution in [-0.2, 0) is 9.53 Å². The molecule has 0 radical (unpaired) electrons. The van der Waals surface area contributed by atoms with Gasteiger partial charge in [-0.15, -0.1) is 0 Å². The van der Waals surface area contributed by atoms with Crippen LogP contribution in [0.4, 0.5) is 0 Å². The lowest BCUT2D eigenvalue weighted by Crippen LogP contribution is -2.16. The van der Waals surface area contributed by atoms with Gasteiger partial charge in [0.05, 0.1) is 25.8 Å². The SMILES string of the molecule is N#Cc1c(OCCOCCC(=O)O)cn[nH]c1=O. The van der Waals surface area contributed by atoms with Crippen LogP contribution < -0.4 is 10.3 Å². The molecule has 2 N–H and O–H groups in total. The number of H-pyrrole nitrogens is 1. The number of hydrogen-bond acceptors (Lipinski definition) is 6. The van der Waals surface area contributed by atoms with Crippen molar-refractivity contribution in [3.05, 3.63) is 22.1 Å². The van der Waals surface area contributed by atoms with E-state index in [0.29, 0.717) is 0 Å². The topological polar surface area (TPSA) is 125 Å². The quantitative estimate of drug-likeness (QED) is 0.628. The first-order chi connectivity index (χ1) is 8.65. The van der Waals surface area contributed by atoms with E-state index in [1.807, 2.05) is 0 Å². The van der Waals surface area contributed by atoms with Gasteiger partial charge >= 0.3 is 5.97 Å². The second-order valence-electron chi connectivity index (χ2n) is 3.15. The Bertz CT molecular complexity index is 505. The minimum Gasteiger partial charge on any atom is -0.488 e. The van der Waals surface area contributed by atoms with Crippen molar-refractivity contribution in [1.29, 1.82) is 5.26 Å². The van der Waals surface area contributed by atoms with E-state index < -0.39 is 11.5 Å². The minimum atomic E-state index is -0.943. The number of aromatic amines is 1. The van der Waals surface area contributed by atoms with E-state index in [1.54, 1.807) is 6.07 Å². The third-order valence-corrected chi connectivity index (χ3v) is 1.88. The lowest BCUT2D eigenvalue weighted by molar-refractivity contribution is -0.138. The average molecular weight is 253 g/mol. The van der Waals surface area contributed by atoms with Crippen LogP contribution in [0.1, 0.15) is 12.0 Å². The molecular weight excluding hydrogens is 242 g/mol. The summed E-state index contributed by atoms with van der Waals surface area (Å²) < 4.78 is 10.1. The highest BCUT2D eigenvalue weighted by Crippen LogP contribution is 2.09. The molecule has 0 aliphatic rings. The van der Waals surface area contributed by atoms with Crippen LogP contribution in [0.2, 0.25) is 0 Å². The predicted molar refractivity (Wildman–Crippen MR) is 58.1 cm³/mol. The predicted octanol–water partition coefficient (Wildman–Crippen LogP) is -0.488. The standard InChI is InChI=1S/C10H11N3O5/c11-5-7-8(6-12-13-10(7)16)18-4-3-17-2-1-9(14)15/h6H,1-4H2,(H,13,16)(H,14,15). The molecule has 0 saturated carbocycles. The van der Waals surface area contributed by atoms with Crippen LogP contribution in [0.3, 0.4) is 0 Å². The van der Waals surface area contributed by atoms with Crippen LogP contribution in [0, 0.1) is 11.3 Å². The summed E-state index contributed by atoms with van der Waals surface area (Å²) >= 11 is 0. The normalized spacial score (nSPS) is 9.72. The molecule has 96 valence electrons. The van der Waals surface area contributed by atoms with Gasteiger partial charge < -0.3 is 14.6 Å². The highest BCUT2D eigenvalue weighted by Gasteiger charge is 2.07. The van der Waals surface area contributed by atoms with Crippen LogP contribution in [0.25, 0.3) is 0 Å². The summed E-state index contributed by atoms with van der Waals surface area (Å²) in [6, 6.07) is 1.70. The molecule has 1 heterocycles. The maximum Gasteiger partial charge on any atom is 0.305 e. The van der Waals surface area contributed by atoms with Gasteiger partial charge in [0.25, 0.3) is 5.56 Å². The van der Waals surface area contributed by atoms with Crippen molar-refractivity contribution >= 4 is 5.97 Å². The second-order valence-corrected chi connectivity index (χ2v) is 3.15. The Morgan fingerprint density at radius 1 is 1.50 bits per heavy atom. The first-order valence-corrected chi connectivity index (χ1v) is 5.05. The molecule has 0 saturated heterocycles. The number of carboxylic acid groups (broad SMARTS) is 1. The van der Waals surface area contributed by atoms with E-state index >= 15 is 0 Å². The van der Waals surface area contributed by atoms with Gasteiger partial charge in [-0.1, -0.05) is 0 Å². The largest absolute Gasteiger partial charge is 0.488 e. The molecule has 0 unspecified atom stereocenters. The Morgan fingerprint density at radius 3 is 2.94 bits per heavy atom. The Balaban J connectivity index is 2.36. The Kier molecular flexibility index (Phi) is 5.34. The summed E-state index contributed by atoms with van der Waals surface area (Å²) in [6.07, 6.45) is 1.13. The molecule has 0 atom stereocenters. The lowest BCUT2D eigenvalue weighted by Gasteiger charge is -2.06. The van der Waals surface area contributed by atoms with Crippen LogP contribution in [0.15, 0.2) is 11.0 Å². The van der Waals surface area contributed by atoms with Crippen molar-refractivity contribution in [2.75, 3.05) is 19.8 Å². The highest BCUT2D eigenvalue weighted by atomic mass is 16.5. The van der Waals surface area contributed by atoms with Crippen molar-refractivity contribution in [2.45, 2.75) is 6.42 Å². The molecular formula is C10H11N3O5. The molecule has 0 spiro atoms. The molecule has 18 heavy (non-hydrogen) atoms. The van der Waals surface area contributed by atoms with E-state index in [-0.39, 0.29) is 37.6 Å². The maximum atomic E-state index is 11.2. The third-order valence-electron chi connectivity index (χ3n) is 1.88. The Labute approximate surface area is 102 Å². The maximum absolute atomic E-state index is 11.2. The van der Waals surface area contributed by atoms with Crippen LogP contribution in [-0.4, -0.2) is 41.1 Å². The van der Waals surface area contributed by atoms with E-state index in [4.69, 9.17) is 19.8 Å². The fourth-order valence-corrected chi connectivity index (χ4v) is 1.07. The van der Waals surface area contributed by atoms with E-state index in [1.165, 1.54) is 6.20 Å². The number of nitrogens with zero attached hydrogens (tertiary/aromatic N) is 2. The van der Waals surface area contributed by atoms with Crippen molar-refractivity contribution in [3.8, 4) is 11.8 Å². The molecule has 0 aromatic carbocycles. The zero-order valence-corrected chi connectivity index (χ0v) is 9.38. The van der Waals surface area contributed by atoms with E-state index in [9.17, 15) is 9.59 Å². The van der Waals surface area contributed by atoms with Crippen molar-refractivity contribution in [1.82, 2.24) is 10.2 Å². The molecule has 0 bridgehead atoms. The number of ether oxygens (including phenoxy) is 2.